The third-order valence-electron chi connectivity index (χ3n) is 2.31. The third kappa shape index (κ3) is 2.17. The van der Waals surface area contributed by atoms with E-state index in [4.69, 9.17) is 10.2 Å². The maximum absolute atomic E-state index is 12.1. The van der Waals surface area contributed by atoms with Crippen LogP contribution in [0.2, 0.25) is 0 Å². The second-order valence-corrected chi connectivity index (χ2v) is 5.55. The molecule has 92 valence electrons. The van der Waals surface area contributed by atoms with Crippen LogP contribution in [0.1, 0.15) is 5.56 Å². The molecule has 0 aliphatic carbocycles. The molecule has 2 aromatic heterocycles. The van der Waals surface area contributed by atoms with Gasteiger partial charge in [0.25, 0.3) is 0 Å². The van der Waals surface area contributed by atoms with Crippen LogP contribution < -0.4 is 5.73 Å². The number of H-pyrrole nitrogens is 1. The highest BCUT2D eigenvalue weighted by atomic mass is 32.2. The molecule has 0 aromatic carbocycles. The van der Waals surface area contributed by atoms with Crippen LogP contribution in [0.4, 0.5) is 5.82 Å². The van der Waals surface area contributed by atoms with E-state index in [0.717, 1.165) is 5.56 Å². The van der Waals surface area contributed by atoms with Crippen molar-refractivity contribution in [3.05, 3.63) is 30.4 Å². The summed E-state index contributed by atoms with van der Waals surface area (Å²) in [5.74, 6) is 0.0315. The minimum Gasteiger partial charge on any atom is -0.472 e. The van der Waals surface area contributed by atoms with E-state index in [2.05, 4.69) is 10.2 Å². The molecule has 0 radical (unpaired) electrons. The van der Waals surface area contributed by atoms with Crippen molar-refractivity contribution in [3.8, 4) is 0 Å². The van der Waals surface area contributed by atoms with Gasteiger partial charge in [-0.3, -0.25) is 5.10 Å². The predicted octanol–water partition coefficient (Wildman–Crippen LogP) is 0.406. The third-order valence-corrected chi connectivity index (χ3v) is 4.14. The van der Waals surface area contributed by atoms with Crippen LogP contribution in [-0.4, -0.2) is 30.0 Å². The molecule has 2 rings (SSSR count). The summed E-state index contributed by atoms with van der Waals surface area (Å²) in [4.78, 5) is -0.0245. The molecule has 8 heteroatoms. The van der Waals surface area contributed by atoms with E-state index >= 15 is 0 Å². The summed E-state index contributed by atoms with van der Waals surface area (Å²) in [6.07, 6.45) is 4.17. The Kier molecular flexibility index (Phi) is 2.90. The van der Waals surface area contributed by atoms with Crippen LogP contribution in [0.25, 0.3) is 0 Å². The fourth-order valence-electron chi connectivity index (χ4n) is 1.38. The SMILES string of the molecule is CN(Cc1ccoc1)S(=O)(=O)c1cn[nH]c1N. The molecule has 17 heavy (non-hydrogen) atoms. The zero-order valence-electron chi connectivity index (χ0n) is 9.12. The number of sulfonamides is 1. The molecule has 0 saturated heterocycles. The van der Waals surface area contributed by atoms with Crippen LogP contribution >= 0.6 is 0 Å². The molecule has 0 fully saturated rings. The lowest BCUT2D eigenvalue weighted by Gasteiger charge is -2.15. The van der Waals surface area contributed by atoms with Crippen LogP contribution in [0.3, 0.4) is 0 Å². The number of hydrogen-bond acceptors (Lipinski definition) is 5. The number of hydrogen-bond donors (Lipinski definition) is 2. The quantitative estimate of drug-likeness (QED) is 0.824. The van der Waals surface area contributed by atoms with Gasteiger partial charge in [0, 0.05) is 19.2 Å². The Morgan fingerprint density at radius 2 is 2.35 bits per heavy atom. The van der Waals surface area contributed by atoms with E-state index in [1.54, 1.807) is 6.07 Å². The molecule has 2 heterocycles. The van der Waals surface area contributed by atoms with Gasteiger partial charge in [-0.2, -0.15) is 9.40 Å². The molecule has 2 aromatic rings. The first-order valence-corrected chi connectivity index (χ1v) is 6.22. The van der Waals surface area contributed by atoms with Crippen molar-refractivity contribution in [1.82, 2.24) is 14.5 Å². The second-order valence-electron chi connectivity index (χ2n) is 3.54. The van der Waals surface area contributed by atoms with E-state index in [0.29, 0.717) is 0 Å². The van der Waals surface area contributed by atoms with Crippen LogP contribution in [0.15, 0.2) is 34.1 Å². The van der Waals surface area contributed by atoms with Crippen molar-refractivity contribution in [3.63, 3.8) is 0 Å². The summed E-state index contributed by atoms with van der Waals surface area (Å²) < 4.78 is 30.2. The molecule has 0 unspecified atom stereocenters. The number of nitrogens with one attached hydrogen (secondary N) is 1. The van der Waals surface area contributed by atoms with Gasteiger partial charge in [0.1, 0.15) is 10.7 Å². The number of nitrogens with two attached hydrogens (primary N) is 1. The van der Waals surface area contributed by atoms with Crippen LogP contribution in [0, 0.1) is 0 Å². The summed E-state index contributed by atoms with van der Waals surface area (Å²) in [7, 11) is -2.16. The molecule has 0 aliphatic rings. The Hall–Kier alpha value is -1.80. The number of aromatic nitrogens is 2. The van der Waals surface area contributed by atoms with Gasteiger partial charge in [0.05, 0.1) is 18.7 Å². The Morgan fingerprint density at radius 1 is 1.59 bits per heavy atom. The smallest absolute Gasteiger partial charge is 0.248 e. The van der Waals surface area contributed by atoms with Gasteiger partial charge in [0.2, 0.25) is 10.0 Å². The molecule has 0 aliphatic heterocycles. The lowest BCUT2D eigenvalue weighted by molar-refractivity contribution is 0.463. The normalized spacial score (nSPS) is 12.1. The monoisotopic (exact) mass is 256 g/mol. The van der Waals surface area contributed by atoms with Gasteiger partial charge >= 0.3 is 0 Å². The fourth-order valence-corrected chi connectivity index (χ4v) is 2.55. The highest BCUT2D eigenvalue weighted by molar-refractivity contribution is 7.89. The van der Waals surface area contributed by atoms with Crippen molar-refractivity contribution < 1.29 is 12.8 Å². The zero-order chi connectivity index (χ0) is 12.5. The lowest BCUT2D eigenvalue weighted by atomic mass is 10.3. The Morgan fingerprint density at radius 3 is 2.88 bits per heavy atom. The minimum atomic E-state index is -3.63. The van der Waals surface area contributed by atoms with Gasteiger partial charge < -0.3 is 10.2 Å². The summed E-state index contributed by atoms with van der Waals surface area (Å²) in [5, 5.41) is 5.98. The molecule has 7 nitrogen and oxygen atoms in total. The number of nitrogen functional groups attached to an aromatic ring is 1. The highest BCUT2D eigenvalue weighted by Gasteiger charge is 2.25. The maximum atomic E-state index is 12.1. The predicted molar refractivity (Wildman–Crippen MR) is 60.4 cm³/mol. The Labute approximate surface area is 98.3 Å². The average Bonchev–Trinajstić information content (AvgIpc) is 2.89. The van der Waals surface area contributed by atoms with Crippen LogP contribution in [-0.2, 0) is 16.6 Å². The van der Waals surface area contributed by atoms with Crippen molar-refractivity contribution >= 4 is 15.8 Å². The topological polar surface area (TPSA) is 105 Å². The van der Waals surface area contributed by atoms with Gasteiger partial charge in [-0.1, -0.05) is 0 Å². The first-order valence-electron chi connectivity index (χ1n) is 4.78. The molecule has 0 atom stereocenters. The van der Waals surface area contributed by atoms with Crippen molar-refractivity contribution in [2.75, 3.05) is 12.8 Å². The summed E-state index contributed by atoms with van der Waals surface area (Å²) in [5.41, 5.74) is 6.26. The van der Waals surface area contributed by atoms with Gasteiger partial charge in [-0.05, 0) is 6.07 Å². The Bertz CT molecular complexity index is 588. The van der Waals surface area contributed by atoms with E-state index in [-0.39, 0.29) is 17.3 Å². The second kappa shape index (κ2) is 4.22. The van der Waals surface area contributed by atoms with E-state index in [1.165, 1.54) is 30.1 Å². The van der Waals surface area contributed by atoms with E-state index in [9.17, 15) is 8.42 Å². The van der Waals surface area contributed by atoms with Gasteiger partial charge in [0.15, 0.2) is 0 Å². The van der Waals surface area contributed by atoms with Gasteiger partial charge in [-0.15, -0.1) is 0 Å². The molecule has 0 saturated carbocycles. The molecule has 3 N–H and O–H groups in total. The standard InChI is InChI=1S/C9H12N4O3S/c1-13(5-7-2-3-16-6-7)17(14,15)8-4-11-12-9(8)10/h2-4,6H,5H2,1H3,(H3,10,11,12). The highest BCUT2D eigenvalue weighted by Crippen LogP contribution is 2.20. The molecular formula is C9H12N4O3S. The number of aromatic amines is 1. The Balaban J connectivity index is 2.25. The molecule has 0 spiro atoms. The fraction of sp³-hybridized carbons (Fsp3) is 0.222. The van der Waals surface area contributed by atoms with Crippen molar-refractivity contribution in [1.29, 1.82) is 0 Å². The van der Waals surface area contributed by atoms with E-state index in [1.807, 2.05) is 0 Å². The molecule has 0 bridgehead atoms. The molecule has 0 amide bonds. The van der Waals surface area contributed by atoms with E-state index < -0.39 is 10.0 Å². The largest absolute Gasteiger partial charge is 0.472 e. The first kappa shape index (κ1) is 11.7. The van der Waals surface area contributed by atoms with Crippen molar-refractivity contribution in [2.45, 2.75) is 11.4 Å². The molecular weight excluding hydrogens is 244 g/mol. The average molecular weight is 256 g/mol. The minimum absolute atomic E-state index is 0.0245. The zero-order valence-corrected chi connectivity index (χ0v) is 9.94. The number of nitrogens with zero attached hydrogens (tertiary/aromatic N) is 2. The number of rotatable bonds is 4. The summed E-state index contributed by atoms with van der Waals surface area (Å²) in [6, 6.07) is 1.70. The first-order chi connectivity index (χ1) is 8.01. The van der Waals surface area contributed by atoms with Crippen molar-refractivity contribution in [2.24, 2.45) is 0 Å². The summed E-state index contributed by atoms with van der Waals surface area (Å²) in [6.45, 7) is 0.212. The summed E-state index contributed by atoms with van der Waals surface area (Å²) >= 11 is 0. The number of furan rings is 1. The maximum Gasteiger partial charge on any atom is 0.248 e. The number of anilines is 1. The van der Waals surface area contributed by atoms with Crippen LogP contribution in [0.5, 0.6) is 0 Å². The van der Waals surface area contributed by atoms with Gasteiger partial charge in [-0.25, -0.2) is 8.42 Å². The lowest BCUT2D eigenvalue weighted by Crippen LogP contribution is -2.26.